The molecular formula is C18H14FN5O2. The van der Waals surface area contributed by atoms with E-state index in [1.807, 2.05) is 0 Å². The van der Waals surface area contributed by atoms with Gasteiger partial charge in [-0.25, -0.2) is 19.3 Å². The van der Waals surface area contributed by atoms with Crippen molar-refractivity contribution < 1.29 is 14.3 Å². The molecular weight excluding hydrogens is 337 g/mol. The summed E-state index contributed by atoms with van der Waals surface area (Å²) >= 11 is 0. The molecule has 3 aromatic rings. The molecule has 8 heteroatoms. The summed E-state index contributed by atoms with van der Waals surface area (Å²) < 4.78 is 14.2. The van der Waals surface area contributed by atoms with Crippen molar-refractivity contribution in [1.29, 1.82) is 0 Å². The van der Waals surface area contributed by atoms with Crippen LogP contribution in [0.2, 0.25) is 0 Å². The van der Waals surface area contributed by atoms with Crippen LogP contribution in [-0.4, -0.2) is 30.9 Å². The zero-order valence-corrected chi connectivity index (χ0v) is 13.6. The number of hydrogen-bond donors (Lipinski definition) is 2. The fourth-order valence-corrected chi connectivity index (χ4v) is 2.51. The molecule has 1 aliphatic rings. The van der Waals surface area contributed by atoms with Gasteiger partial charge in [0, 0.05) is 35.5 Å². The quantitative estimate of drug-likeness (QED) is 0.749. The van der Waals surface area contributed by atoms with Crippen molar-refractivity contribution in [3.8, 4) is 28.4 Å². The molecule has 0 aliphatic heterocycles. The Labute approximate surface area is 148 Å². The maximum Gasteiger partial charge on any atom is 0.228 e. The van der Waals surface area contributed by atoms with Crippen molar-refractivity contribution in [2.45, 2.75) is 12.8 Å². The number of amides is 1. The van der Waals surface area contributed by atoms with E-state index in [-0.39, 0.29) is 29.1 Å². The minimum atomic E-state index is -0.537. The van der Waals surface area contributed by atoms with Crippen molar-refractivity contribution in [2.75, 3.05) is 5.32 Å². The van der Waals surface area contributed by atoms with Crippen LogP contribution in [0.1, 0.15) is 12.8 Å². The summed E-state index contributed by atoms with van der Waals surface area (Å²) in [6.07, 6.45) is 7.10. The fourth-order valence-electron chi connectivity index (χ4n) is 2.51. The van der Waals surface area contributed by atoms with E-state index < -0.39 is 5.82 Å². The summed E-state index contributed by atoms with van der Waals surface area (Å²) in [5.74, 6) is -0.478. The Morgan fingerprint density at radius 3 is 2.65 bits per heavy atom. The molecule has 0 unspecified atom stereocenters. The minimum Gasteiger partial charge on any atom is -0.493 e. The molecule has 130 valence electrons. The van der Waals surface area contributed by atoms with E-state index in [1.165, 1.54) is 30.7 Å². The summed E-state index contributed by atoms with van der Waals surface area (Å²) in [6, 6.07) is 4.50. The number of halogens is 1. The second kappa shape index (κ2) is 6.47. The number of pyridine rings is 2. The molecule has 1 aliphatic carbocycles. The fraction of sp³-hybridized carbons (Fsp3) is 0.167. The standard InChI is InChI=1S/C18H14FN5O2/c19-13-8-20-6-5-12(13)17-16(11-3-4-15(25)21-7-11)23-14(9-22-17)24-18(26)10-1-2-10/h3-10H,1-2H2,(H,21,25)(H,23,24,26). The highest BCUT2D eigenvalue weighted by Gasteiger charge is 2.30. The molecule has 0 radical (unpaired) electrons. The Morgan fingerprint density at radius 2 is 1.96 bits per heavy atom. The Hall–Kier alpha value is -3.42. The second-order valence-electron chi connectivity index (χ2n) is 5.98. The second-order valence-corrected chi connectivity index (χ2v) is 5.98. The molecule has 7 nitrogen and oxygen atoms in total. The number of hydrogen-bond acceptors (Lipinski definition) is 6. The number of carbonyl (C=O) groups is 1. The van der Waals surface area contributed by atoms with Gasteiger partial charge in [-0.3, -0.25) is 9.78 Å². The maximum absolute atomic E-state index is 14.2. The van der Waals surface area contributed by atoms with Crippen molar-refractivity contribution in [3.05, 3.63) is 48.8 Å². The zero-order chi connectivity index (χ0) is 18.1. The van der Waals surface area contributed by atoms with Crippen LogP contribution in [0.25, 0.3) is 22.5 Å². The van der Waals surface area contributed by atoms with Crippen LogP contribution in [0.5, 0.6) is 5.88 Å². The Morgan fingerprint density at radius 1 is 1.12 bits per heavy atom. The van der Waals surface area contributed by atoms with E-state index in [0.29, 0.717) is 17.0 Å². The summed E-state index contributed by atoms with van der Waals surface area (Å²) in [5.41, 5.74) is 1.40. The molecule has 0 aromatic carbocycles. The smallest absolute Gasteiger partial charge is 0.228 e. The molecule has 2 N–H and O–H groups in total. The summed E-state index contributed by atoms with van der Waals surface area (Å²) in [4.78, 5) is 28.3. The van der Waals surface area contributed by atoms with Gasteiger partial charge in [-0.15, -0.1) is 0 Å². The number of rotatable bonds is 4. The minimum absolute atomic E-state index is 0.0212. The predicted molar refractivity (Wildman–Crippen MR) is 91.5 cm³/mol. The van der Waals surface area contributed by atoms with Crippen LogP contribution >= 0.6 is 0 Å². The maximum atomic E-state index is 14.2. The van der Waals surface area contributed by atoms with Gasteiger partial charge in [0.05, 0.1) is 18.1 Å². The van der Waals surface area contributed by atoms with Crippen LogP contribution in [0.4, 0.5) is 10.2 Å². The first-order chi connectivity index (χ1) is 12.6. The third-order valence-electron chi connectivity index (χ3n) is 4.02. The van der Waals surface area contributed by atoms with Gasteiger partial charge >= 0.3 is 0 Å². The van der Waals surface area contributed by atoms with Crippen molar-refractivity contribution >= 4 is 11.7 Å². The molecule has 1 fully saturated rings. The van der Waals surface area contributed by atoms with Gasteiger partial charge in [0.25, 0.3) is 0 Å². The van der Waals surface area contributed by atoms with E-state index in [9.17, 15) is 14.3 Å². The number of anilines is 1. The molecule has 26 heavy (non-hydrogen) atoms. The molecule has 3 aromatic heterocycles. The summed E-state index contributed by atoms with van der Waals surface area (Å²) in [6.45, 7) is 0. The topological polar surface area (TPSA) is 101 Å². The van der Waals surface area contributed by atoms with Gasteiger partial charge in [-0.05, 0) is 25.0 Å². The lowest BCUT2D eigenvalue weighted by Gasteiger charge is -2.11. The molecule has 0 spiro atoms. The van der Waals surface area contributed by atoms with Crippen LogP contribution < -0.4 is 5.32 Å². The van der Waals surface area contributed by atoms with Crippen molar-refractivity contribution in [2.24, 2.45) is 5.92 Å². The number of nitrogens with one attached hydrogen (secondary N) is 1. The first-order valence-corrected chi connectivity index (χ1v) is 8.05. The third kappa shape index (κ3) is 3.21. The molecule has 0 bridgehead atoms. The Balaban J connectivity index is 1.81. The highest BCUT2D eigenvalue weighted by Crippen LogP contribution is 2.33. The predicted octanol–water partition coefficient (Wildman–Crippen LogP) is 2.79. The van der Waals surface area contributed by atoms with Crippen LogP contribution in [0, 0.1) is 11.7 Å². The molecule has 3 heterocycles. The van der Waals surface area contributed by atoms with Gasteiger partial charge in [0.1, 0.15) is 5.69 Å². The van der Waals surface area contributed by atoms with Gasteiger partial charge in [-0.2, -0.15) is 0 Å². The average Bonchev–Trinajstić information content (AvgIpc) is 3.48. The van der Waals surface area contributed by atoms with E-state index in [1.54, 1.807) is 6.07 Å². The first kappa shape index (κ1) is 16.1. The highest BCUT2D eigenvalue weighted by atomic mass is 19.1. The highest BCUT2D eigenvalue weighted by molar-refractivity contribution is 5.93. The van der Waals surface area contributed by atoms with Gasteiger partial charge in [0.15, 0.2) is 11.6 Å². The van der Waals surface area contributed by atoms with E-state index in [0.717, 1.165) is 19.0 Å². The van der Waals surface area contributed by atoms with E-state index >= 15 is 0 Å². The molecule has 0 saturated heterocycles. The number of aromatic hydroxyl groups is 1. The monoisotopic (exact) mass is 351 g/mol. The zero-order valence-electron chi connectivity index (χ0n) is 13.6. The largest absolute Gasteiger partial charge is 0.493 e. The molecule has 0 atom stereocenters. The number of aromatic nitrogens is 4. The van der Waals surface area contributed by atoms with E-state index in [4.69, 9.17) is 0 Å². The summed E-state index contributed by atoms with van der Waals surface area (Å²) in [5, 5.41) is 12.1. The van der Waals surface area contributed by atoms with Crippen LogP contribution in [0.3, 0.4) is 0 Å². The van der Waals surface area contributed by atoms with Crippen molar-refractivity contribution in [3.63, 3.8) is 0 Å². The third-order valence-corrected chi connectivity index (χ3v) is 4.02. The summed E-state index contributed by atoms with van der Waals surface area (Å²) in [7, 11) is 0. The number of nitrogens with zero attached hydrogens (tertiary/aromatic N) is 4. The lowest BCUT2D eigenvalue weighted by molar-refractivity contribution is -0.117. The first-order valence-electron chi connectivity index (χ1n) is 8.05. The van der Waals surface area contributed by atoms with Gasteiger partial charge in [-0.1, -0.05) is 0 Å². The Bertz CT molecular complexity index is 974. The van der Waals surface area contributed by atoms with Crippen LogP contribution in [-0.2, 0) is 4.79 Å². The lowest BCUT2D eigenvalue weighted by Crippen LogP contribution is -2.15. The number of carbonyl (C=O) groups excluding carboxylic acids is 1. The van der Waals surface area contributed by atoms with Gasteiger partial charge < -0.3 is 10.4 Å². The molecule has 1 saturated carbocycles. The normalized spacial score (nSPS) is 13.4. The molecule has 1 amide bonds. The SMILES string of the molecule is O=C(Nc1cnc(-c2ccncc2F)c(-c2ccc(O)nc2)n1)C1CC1. The van der Waals surface area contributed by atoms with E-state index in [2.05, 4.69) is 25.3 Å². The van der Waals surface area contributed by atoms with Crippen LogP contribution in [0.15, 0.2) is 43.0 Å². The van der Waals surface area contributed by atoms with Gasteiger partial charge in [0.2, 0.25) is 11.8 Å². The Kier molecular flexibility index (Phi) is 4.00. The van der Waals surface area contributed by atoms with Crippen molar-refractivity contribution in [1.82, 2.24) is 19.9 Å². The lowest BCUT2D eigenvalue weighted by atomic mass is 10.1. The average molecular weight is 351 g/mol. The molecule has 4 rings (SSSR count).